The molecule has 1 aromatic carbocycles. The van der Waals surface area contributed by atoms with Gasteiger partial charge in [-0.25, -0.2) is 13.4 Å². The fraction of sp³-hybridized carbons (Fsp3) is 0.533. The smallest absolute Gasteiger partial charge is 0.191 e. The number of benzene rings is 1. The summed E-state index contributed by atoms with van der Waals surface area (Å²) in [5, 5.41) is 6.49. The van der Waals surface area contributed by atoms with Crippen LogP contribution in [0.25, 0.3) is 0 Å². The zero-order chi connectivity index (χ0) is 16.1. The van der Waals surface area contributed by atoms with Crippen LogP contribution in [0, 0.1) is 0 Å². The topological polar surface area (TPSA) is 70.6 Å². The van der Waals surface area contributed by atoms with Crippen molar-refractivity contribution in [2.75, 3.05) is 12.8 Å². The summed E-state index contributed by atoms with van der Waals surface area (Å²) in [5.41, 5.74) is 0.898. The molecule has 0 aliphatic heterocycles. The van der Waals surface area contributed by atoms with E-state index in [1.165, 1.54) is 6.26 Å². The molecule has 7 heteroatoms. The Morgan fingerprint density at radius 1 is 1.18 bits per heavy atom. The Morgan fingerprint density at radius 2 is 1.73 bits per heavy atom. The molecule has 0 saturated carbocycles. The summed E-state index contributed by atoms with van der Waals surface area (Å²) in [7, 11) is -3.14. The van der Waals surface area contributed by atoms with Gasteiger partial charge in [0.05, 0.1) is 11.4 Å². The van der Waals surface area contributed by atoms with E-state index in [2.05, 4.69) is 36.4 Å². The summed E-state index contributed by atoms with van der Waals surface area (Å²) in [6.45, 7) is 9.51. The number of aliphatic imine (C=N–C) groups is 1. The van der Waals surface area contributed by atoms with E-state index in [-0.39, 0.29) is 29.5 Å². The standard InChI is InChI=1S/C15H25N3O2S.HI/c1-6-16-14(18-15(2,3)4)17-11-12-7-9-13(10-8-12)21(5,19)20;/h7-10H,6,11H2,1-5H3,(H2,16,17,18);1H. The Hall–Kier alpha value is -0.830. The summed E-state index contributed by atoms with van der Waals surface area (Å²) >= 11 is 0. The minimum Gasteiger partial charge on any atom is -0.357 e. The first kappa shape index (κ1) is 21.2. The number of nitrogens with one attached hydrogen (secondary N) is 2. The quantitative estimate of drug-likeness (QED) is 0.430. The predicted octanol–water partition coefficient (Wildman–Crippen LogP) is 2.56. The summed E-state index contributed by atoms with van der Waals surface area (Å²) < 4.78 is 22.8. The molecule has 0 amide bonds. The number of hydrogen-bond donors (Lipinski definition) is 2. The Labute approximate surface area is 150 Å². The van der Waals surface area contributed by atoms with Gasteiger partial charge < -0.3 is 10.6 Å². The van der Waals surface area contributed by atoms with E-state index in [1.54, 1.807) is 24.3 Å². The SMILES string of the molecule is CCNC(=NCc1ccc(S(C)(=O)=O)cc1)NC(C)(C)C.I. The number of sulfone groups is 1. The zero-order valence-electron chi connectivity index (χ0n) is 13.8. The van der Waals surface area contributed by atoms with Crippen LogP contribution in [0.15, 0.2) is 34.2 Å². The molecule has 0 aromatic heterocycles. The number of rotatable bonds is 4. The van der Waals surface area contributed by atoms with Crippen LogP contribution in [0.3, 0.4) is 0 Å². The molecule has 0 atom stereocenters. The van der Waals surface area contributed by atoms with Crippen molar-refractivity contribution in [1.82, 2.24) is 10.6 Å². The monoisotopic (exact) mass is 439 g/mol. The second-order valence-corrected chi connectivity index (χ2v) is 8.00. The molecule has 0 spiro atoms. The Morgan fingerprint density at radius 3 is 2.14 bits per heavy atom. The van der Waals surface area contributed by atoms with Crippen LogP contribution in [-0.4, -0.2) is 32.7 Å². The predicted molar refractivity (Wildman–Crippen MR) is 103 cm³/mol. The highest BCUT2D eigenvalue weighted by Crippen LogP contribution is 2.11. The van der Waals surface area contributed by atoms with E-state index in [4.69, 9.17) is 0 Å². The minimum atomic E-state index is -3.14. The van der Waals surface area contributed by atoms with Gasteiger partial charge >= 0.3 is 0 Å². The molecule has 0 bridgehead atoms. The third-order valence-electron chi connectivity index (χ3n) is 2.61. The molecule has 0 radical (unpaired) electrons. The minimum absolute atomic E-state index is 0. The molecular weight excluding hydrogens is 413 g/mol. The molecule has 0 saturated heterocycles. The molecule has 0 unspecified atom stereocenters. The average molecular weight is 439 g/mol. The van der Waals surface area contributed by atoms with E-state index in [9.17, 15) is 8.42 Å². The number of nitrogens with zero attached hydrogens (tertiary/aromatic N) is 1. The highest BCUT2D eigenvalue weighted by atomic mass is 127. The number of hydrogen-bond acceptors (Lipinski definition) is 3. The molecule has 5 nitrogen and oxygen atoms in total. The first-order valence-corrected chi connectivity index (χ1v) is 8.86. The molecule has 0 aliphatic rings. The Bertz CT molecular complexity index is 590. The fourth-order valence-corrected chi connectivity index (χ4v) is 2.31. The lowest BCUT2D eigenvalue weighted by Crippen LogP contribution is -2.47. The first-order chi connectivity index (χ1) is 9.62. The molecule has 126 valence electrons. The van der Waals surface area contributed by atoms with Gasteiger partial charge in [0.15, 0.2) is 15.8 Å². The highest BCUT2D eigenvalue weighted by Gasteiger charge is 2.11. The maximum Gasteiger partial charge on any atom is 0.191 e. The van der Waals surface area contributed by atoms with Gasteiger partial charge in [0, 0.05) is 18.3 Å². The molecular formula is C15H26IN3O2S. The third kappa shape index (κ3) is 7.98. The summed E-state index contributed by atoms with van der Waals surface area (Å²) in [6, 6.07) is 6.82. The average Bonchev–Trinajstić information content (AvgIpc) is 2.34. The van der Waals surface area contributed by atoms with Gasteiger partial charge in [0.1, 0.15) is 0 Å². The van der Waals surface area contributed by atoms with Gasteiger partial charge in [-0.15, -0.1) is 24.0 Å². The van der Waals surface area contributed by atoms with Gasteiger partial charge in [-0.05, 0) is 45.4 Å². The van der Waals surface area contributed by atoms with Crippen molar-refractivity contribution in [3.63, 3.8) is 0 Å². The molecule has 22 heavy (non-hydrogen) atoms. The Balaban J connectivity index is 0.00000441. The van der Waals surface area contributed by atoms with Crippen LogP contribution in [0.5, 0.6) is 0 Å². The van der Waals surface area contributed by atoms with Crippen molar-refractivity contribution in [1.29, 1.82) is 0 Å². The summed E-state index contributed by atoms with van der Waals surface area (Å²) in [5.74, 6) is 0.747. The van der Waals surface area contributed by atoms with Crippen molar-refractivity contribution >= 4 is 39.8 Å². The number of guanidine groups is 1. The fourth-order valence-electron chi connectivity index (χ4n) is 1.67. The molecule has 2 N–H and O–H groups in total. The van der Waals surface area contributed by atoms with Gasteiger partial charge in [0.25, 0.3) is 0 Å². The van der Waals surface area contributed by atoms with Crippen molar-refractivity contribution in [3.8, 4) is 0 Å². The molecule has 1 rings (SSSR count). The molecule has 0 heterocycles. The van der Waals surface area contributed by atoms with E-state index >= 15 is 0 Å². The highest BCUT2D eigenvalue weighted by molar-refractivity contribution is 14.0. The van der Waals surface area contributed by atoms with Gasteiger partial charge in [-0.3, -0.25) is 0 Å². The van der Waals surface area contributed by atoms with Crippen LogP contribution in [0.1, 0.15) is 33.3 Å². The normalized spacial score (nSPS) is 12.5. The molecule has 1 aromatic rings. The van der Waals surface area contributed by atoms with E-state index in [1.807, 2.05) is 6.92 Å². The van der Waals surface area contributed by atoms with Crippen molar-refractivity contribution < 1.29 is 8.42 Å². The lowest BCUT2D eigenvalue weighted by molar-refractivity contribution is 0.501. The van der Waals surface area contributed by atoms with Crippen LogP contribution < -0.4 is 10.6 Å². The van der Waals surface area contributed by atoms with Crippen molar-refractivity contribution in [2.45, 2.75) is 44.7 Å². The lowest BCUT2D eigenvalue weighted by Gasteiger charge is -2.23. The zero-order valence-corrected chi connectivity index (χ0v) is 17.0. The molecule has 0 aliphatic carbocycles. The second-order valence-electron chi connectivity index (χ2n) is 5.99. The largest absolute Gasteiger partial charge is 0.357 e. The van der Waals surface area contributed by atoms with Crippen LogP contribution >= 0.6 is 24.0 Å². The van der Waals surface area contributed by atoms with Gasteiger partial charge in [0.2, 0.25) is 0 Å². The maximum atomic E-state index is 11.4. The van der Waals surface area contributed by atoms with Crippen molar-refractivity contribution in [3.05, 3.63) is 29.8 Å². The van der Waals surface area contributed by atoms with Crippen LogP contribution in [0.2, 0.25) is 0 Å². The molecule has 0 fully saturated rings. The lowest BCUT2D eigenvalue weighted by atomic mass is 10.1. The second kappa shape index (κ2) is 8.71. The van der Waals surface area contributed by atoms with E-state index in [0.717, 1.165) is 18.1 Å². The Kier molecular flexibility index (Phi) is 8.38. The first-order valence-electron chi connectivity index (χ1n) is 6.97. The number of halogens is 1. The van der Waals surface area contributed by atoms with Crippen LogP contribution in [0.4, 0.5) is 0 Å². The third-order valence-corrected chi connectivity index (χ3v) is 3.74. The maximum absolute atomic E-state index is 11.4. The summed E-state index contributed by atoms with van der Waals surface area (Å²) in [6.07, 6.45) is 1.21. The van der Waals surface area contributed by atoms with E-state index in [0.29, 0.717) is 11.4 Å². The van der Waals surface area contributed by atoms with Crippen LogP contribution in [-0.2, 0) is 16.4 Å². The van der Waals surface area contributed by atoms with E-state index < -0.39 is 9.84 Å². The van der Waals surface area contributed by atoms with Crippen molar-refractivity contribution in [2.24, 2.45) is 4.99 Å². The van der Waals surface area contributed by atoms with Gasteiger partial charge in [-0.1, -0.05) is 12.1 Å². The van der Waals surface area contributed by atoms with Gasteiger partial charge in [-0.2, -0.15) is 0 Å². The summed E-state index contributed by atoms with van der Waals surface area (Å²) in [4.78, 5) is 4.83.